The van der Waals surface area contributed by atoms with Gasteiger partial charge in [0.25, 0.3) is 0 Å². The number of aryl methyl sites for hydroxylation is 1. The number of rotatable bonds is 6. The molecule has 2 nitrogen and oxygen atoms in total. The van der Waals surface area contributed by atoms with Crippen molar-refractivity contribution in [2.75, 3.05) is 0 Å². The number of halogens is 3. The minimum Gasteiger partial charge on any atom is -0.327 e. The summed E-state index contributed by atoms with van der Waals surface area (Å²) in [6.07, 6.45) is 4.74. The first kappa shape index (κ1) is 14.8. The summed E-state index contributed by atoms with van der Waals surface area (Å²) in [7, 11) is 0. The molecule has 0 fully saturated rings. The molecular weight excluding hydrogens is 331 g/mol. The predicted molar refractivity (Wildman–Crippen MR) is 81.1 cm³/mol. The van der Waals surface area contributed by atoms with Crippen molar-refractivity contribution in [1.82, 2.24) is 9.55 Å². The van der Waals surface area contributed by atoms with Crippen LogP contribution in [0.2, 0.25) is 0 Å². The third-order valence-corrected chi connectivity index (χ3v) is 4.07. The quantitative estimate of drug-likeness (QED) is 0.515. The number of benzene rings is 1. The first-order valence-electron chi connectivity index (χ1n) is 6.57. The number of hydrogen-bond donors (Lipinski definition) is 0. The molecule has 0 aliphatic carbocycles. The molecule has 0 atom stereocenters. The summed E-state index contributed by atoms with van der Waals surface area (Å²) in [6.45, 7) is 3.08. The van der Waals surface area contributed by atoms with Gasteiger partial charge >= 0.3 is 0 Å². The van der Waals surface area contributed by atoms with Gasteiger partial charge in [0.15, 0.2) is 0 Å². The number of nitrogens with zero attached hydrogens (tertiary/aromatic N) is 2. The lowest BCUT2D eigenvalue weighted by molar-refractivity contribution is 0.580. The second-order valence-electron chi connectivity index (χ2n) is 4.63. The van der Waals surface area contributed by atoms with Crippen molar-refractivity contribution in [2.45, 2.75) is 45.0 Å². The molecule has 1 heterocycles. The van der Waals surface area contributed by atoms with Crippen LogP contribution in [0.4, 0.5) is 4.39 Å². The Bertz CT molecular complexity index is 568. The number of aromatic nitrogens is 2. The molecule has 0 spiro atoms. The van der Waals surface area contributed by atoms with E-state index < -0.39 is 0 Å². The summed E-state index contributed by atoms with van der Waals surface area (Å²) in [6, 6.07) is 3.24. The fourth-order valence-electron chi connectivity index (χ4n) is 2.22. The van der Waals surface area contributed by atoms with Crippen LogP contribution in [0, 0.1) is 5.82 Å². The molecule has 0 unspecified atom stereocenters. The third-order valence-electron chi connectivity index (χ3n) is 3.22. The van der Waals surface area contributed by atoms with E-state index in [1.807, 2.05) is 0 Å². The van der Waals surface area contributed by atoms with Crippen LogP contribution >= 0.6 is 27.5 Å². The van der Waals surface area contributed by atoms with Crippen molar-refractivity contribution in [3.63, 3.8) is 0 Å². The number of imidazole rings is 1. The van der Waals surface area contributed by atoms with Crippen LogP contribution in [-0.4, -0.2) is 9.55 Å². The molecule has 0 saturated heterocycles. The normalized spacial score (nSPS) is 11.4. The van der Waals surface area contributed by atoms with Crippen molar-refractivity contribution in [3.05, 3.63) is 28.2 Å². The van der Waals surface area contributed by atoms with E-state index in [1.54, 1.807) is 6.07 Å². The van der Waals surface area contributed by atoms with E-state index in [9.17, 15) is 4.39 Å². The van der Waals surface area contributed by atoms with Crippen LogP contribution < -0.4 is 0 Å². The maximum absolute atomic E-state index is 13.5. The summed E-state index contributed by atoms with van der Waals surface area (Å²) in [4.78, 5) is 4.40. The van der Waals surface area contributed by atoms with Gasteiger partial charge in [-0.1, -0.05) is 26.2 Å². The highest BCUT2D eigenvalue weighted by Gasteiger charge is 2.12. The number of hydrogen-bond acceptors (Lipinski definition) is 1. The van der Waals surface area contributed by atoms with Gasteiger partial charge in [0.2, 0.25) is 0 Å². The molecule has 0 aliphatic heterocycles. The van der Waals surface area contributed by atoms with Gasteiger partial charge in [-0.3, -0.25) is 0 Å². The lowest BCUT2D eigenvalue weighted by Crippen LogP contribution is -2.02. The SMILES string of the molecule is CCCCCCn1c(CCl)nc2cc(F)c(Br)cc21. The largest absolute Gasteiger partial charge is 0.327 e. The minimum atomic E-state index is -0.288. The number of unbranched alkanes of at least 4 members (excludes halogenated alkanes) is 3. The van der Waals surface area contributed by atoms with Crippen LogP contribution in [0.25, 0.3) is 11.0 Å². The maximum atomic E-state index is 13.5. The Hall–Kier alpha value is -0.610. The molecule has 1 aromatic heterocycles. The predicted octanol–water partition coefficient (Wildman–Crippen LogP) is 5.26. The number of fused-ring (bicyclic) bond motifs is 1. The maximum Gasteiger partial charge on any atom is 0.139 e. The molecule has 0 saturated carbocycles. The highest BCUT2D eigenvalue weighted by Crippen LogP contribution is 2.25. The summed E-state index contributed by atoms with van der Waals surface area (Å²) < 4.78 is 16.1. The molecule has 0 N–H and O–H groups in total. The molecule has 2 aromatic rings. The van der Waals surface area contributed by atoms with E-state index in [2.05, 4.69) is 32.4 Å². The lowest BCUT2D eigenvalue weighted by Gasteiger charge is -2.07. The zero-order valence-electron chi connectivity index (χ0n) is 10.9. The van der Waals surface area contributed by atoms with Crippen LogP contribution in [0.15, 0.2) is 16.6 Å². The van der Waals surface area contributed by atoms with E-state index >= 15 is 0 Å². The Labute approximate surface area is 126 Å². The fourth-order valence-corrected chi connectivity index (χ4v) is 2.75. The fraction of sp³-hybridized carbons (Fsp3) is 0.500. The summed E-state index contributed by atoms with van der Waals surface area (Å²) in [5.74, 6) is 0.872. The minimum absolute atomic E-state index is 0.288. The van der Waals surface area contributed by atoms with E-state index in [-0.39, 0.29) is 5.82 Å². The van der Waals surface area contributed by atoms with E-state index in [1.165, 1.54) is 25.3 Å². The second-order valence-corrected chi connectivity index (χ2v) is 5.75. The zero-order chi connectivity index (χ0) is 13.8. The Morgan fingerprint density at radius 2 is 2.11 bits per heavy atom. The molecule has 1 aromatic carbocycles. The van der Waals surface area contributed by atoms with Crippen LogP contribution in [0.3, 0.4) is 0 Å². The molecule has 19 heavy (non-hydrogen) atoms. The van der Waals surface area contributed by atoms with Gasteiger partial charge in [-0.15, -0.1) is 11.6 Å². The van der Waals surface area contributed by atoms with Crippen molar-refractivity contribution in [2.24, 2.45) is 0 Å². The Morgan fingerprint density at radius 3 is 2.79 bits per heavy atom. The molecule has 104 valence electrons. The van der Waals surface area contributed by atoms with Crippen LogP contribution in [0.1, 0.15) is 38.4 Å². The third kappa shape index (κ3) is 3.29. The van der Waals surface area contributed by atoms with Gasteiger partial charge < -0.3 is 4.57 Å². The number of alkyl halides is 1. The average molecular weight is 348 g/mol. The summed E-state index contributed by atoms with van der Waals surface area (Å²) in [5.41, 5.74) is 1.62. The Kier molecular flexibility index (Phi) is 5.22. The summed E-state index contributed by atoms with van der Waals surface area (Å²) >= 11 is 9.16. The average Bonchev–Trinajstić information content (AvgIpc) is 2.73. The molecule has 5 heteroatoms. The first-order valence-corrected chi connectivity index (χ1v) is 7.90. The van der Waals surface area contributed by atoms with E-state index in [0.29, 0.717) is 15.9 Å². The topological polar surface area (TPSA) is 17.8 Å². The molecule has 0 radical (unpaired) electrons. The van der Waals surface area contributed by atoms with Gasteiger partial charge in [0, 0.05) is 12.6 Å². The van der Waals surface area contributed by atoms with Gasteiger partial charge in [-0.05, 0) is 28.4 Å². The smallest absolute Gasteiger partial charge is 0.139 e. The van der Waals surface area contributed by atoms with Crippen LogP contribution in [-0.2, 0) is 12.4 Å². The molecular formula is C14H17BrClFN2. The van der Waals surface area contributed by atoms with Crippen molar-refractivity contribution < 1.29 is 4.39 Å². The molecule has 2 rings (SSSR count). The van der Waals surface area contributed by atoms with Crippen molar-refractivity contribution in [3.8, 4) is 0 Å². The molecule has 0 aliphatic rings. The van der Waals surface area contributed by atoms with Gasteiger partial charge in [0.05, 0.1) is 21.4 Å². The first-order chi connectivity index (χ1) is 9.17. The molecule has 0 amide bonds. The van der Waals surface area contributed by atoms with Gasteiger partial charge in [0.1, 0.15) is 11.6 Å². The van der Waals surface area contributed by atoms with Crippen LogP contribution in [0.5, 0.6) is 0 Å². The zero-order valence-corrected chi connectivity index (χ0v) is 13.3. The van der Waals surface area contributed by atoms with E-state index in [4.69, 9.17) is 11.6 Å². The van der Waals surface area contributed by atoms with Crippen molar-refractivity contribution >= 4 is 38.6 Å². The Balaban J connectivity index is 2.31. The highest BCUT2D eigenvalue weighted by atomic mass is 79.9. The monoisotopic (exact) mass is 346 g/mol. The van der Waals surface area contributed by atoms with Gasteiger partial charge in [-0.25, -0.2) is 9.37 Å². The second kappa shape index (κ2) is 6.71. The summed E-state index contributed by atoms with van der Waals surface area (Å²) in [5, 5.41) is 0. The Morgan fingerprint density at radius 1 is 1.32 bits per heavy atom. The highest BCUT2D eigenvalue weighted by molar-refractivity contribution is 9.10. The lowest BCUT2D eigenvalue weighted by atomic mass is 10.2. The van der Waals surface area contributed by atoms with Crippen molar-refractivity contribution in [1.29, 1.82) is 0 Å². The standard InChI is InChI=1S/C14H17BrClFN2/c1-2-3-4-5-6-19-13-7-10(15)11(17)8-12(13)18-14(19)9-16/h7-8H,2-6,9H2,1H3. The van der Waals surface area contributed by atoms with Gasteiger partial charge in [-0.2, -0.15) is 0 Å². The van der Waals surface area contributed by atoms with E-state index in [0.717, 1.165) is 24.3 Å². The molecule has 0 bridgehead atoms.